The van der Waals surface area contributed by atoms with Crippen LogP contribution in [0.1, 0.15) is 47.2 Å². The van der Waals surface area contributed by atoms with Gasteiger partial charge in [-0.2, -0.15) is 5.10 Å². The minimum Gasteiger partial charge on any atom is -0.455 e. The number of pyridine rings is 2. The van der Waals surface area contributed by atoms with E-state index in [0.29, 0.717) is 28.4 Å². The fourth-order valence-corrected chi connectivity index (χ4v) is 3.39. The van der Waals surface area contributed by atoms with Gasteiger partial charge in [0.2, 0.25) is 0 Å². The van der Waals surface area contributed by atoms with Crippen molar-refractivity contribution < 1.29 is 9.53 Å². The summed E-state index contributed by atoms with van der Waals surface area (Å²) in [6, 6.07) is 12.3. The molecule has 0 saturated carbocycles. The summed E-state index contributed by atoms with van der Waals surface area (Å²) in [6.07, 6.45) is 3.16. The number of carbonyl (C=O) groups is 1. The topological polar surface area (TPSA) is 91.4 Å². The first kappa shape index (κ1) is 19.5. The van der Waals surface area contributed by atoms with Crippen molar-refractivity contribution in [2.45, 2.75) is 33.3 Å². The summed E-state index contributed by atoms with van der Waals surface area (Å²) in [6.45, 7) is 5.68. The summed E-state index contributed by atoms with van der Waals surface area (Å²) in [5.41, 5.74) is 2.55. The molecule has 0 saturated heterocycles. The van der Waals surface area contributed by atoms with Gasteiger partial charge < -0.3 is 4.74 Å². The Kier molecular flexibility index (Phi) is 5.14. The highest BCUT2D eigenvalue weighted by Crippen LogP contribution is 2.23. The third kappa shape index (κ3) is 3.59. The molecule has 8 nitrogen and oxygen atoms in total. The van der Waals surface area contributed by atoms with Crippen LogP contribution in [0.25, 0.3) is 11.5 Å². The fraction of sp³-hybridized carbons (Fsp3) is 0.227. The second-order valence-electron chi connectivity index (χ2n) is 7.22. The predicted molar refractivity (Wildman–Crippen MR) is 111 cm³/mol. The Balaban J connectivity index is 1.60. The van der Waals surface area contributed by atoms with Crippen molar-refractivity contribution in [1.82, 2.24) is 24.1 Å². The van der Waals surface area contributed by atoms with Gasteiger partial charge in [0.05, 0.1) is 17.6 Å². The van der Waals surface area contributed by atoms with Gasteiger partial charge in [-0.1, -0.05) is 26.0 Å². The molecule has 0 atom stereocenters. The van der Waals surface area contributed by atoms with Gasteiger partial charge in [0.15, 0.2) is 5.82 Å². The van der Waals surface area contributed by atoms with Crippen LogP contribution >= 0.6 is 0 Å². The summed E-state index contributed by atoms with van der Waals surface area (Å²) in [7, 11) is 0. The van der Waals surface area contributed by atoms with Crippen molar-refractivity contribution in [3.8, 4) is 5.82 Å². The third-order valence-corrected chi connectivity index (χ3v) is 4.72. The molecule has 0 aromatic carbocycles. The lowest BCUT2D eigenvalue weighted by atomic mass is 10.1. The van der Waals surface area contributed by atoms with Crippen molar-refractivity contribution in [3.05, 3.63) is 87.9 Å². The quantitative estimate of drug-likeness (QED) is 0.476. The molecule has 0 unspecified atom stereocenters. The van der Waals surface area contributed by atoms with Crippen LogP contribution in [-0.2, 0) is 11.3 Å². The Morgan fingerprint density at radius 3 is 2.73 bits per heavy atom. The second kappa shape index (κ2) is 7.90. The lowest BCUT2D eigenvalue weighted by Crippen LogP contribution is -2.18. The first-order valence-electron chi connectivity index (χ1n) is 9.60. The summed E-state index contributed by atoms with van der Waals surface area (Å²) < 4.78 is 8.62. The molecular weight excluding hydrogens is 382 g/mol. The Hall–Kier alpha value is -3.81. The molecule has 0 amide bonds. The van der Waals surface area contributed by atoms with E-state index in [9.17, 15) is 9.59 Å². The molecule has 0 aliphatic rings. The molecule has 30 heavy (non-hydrogen) atoms. The number of fused-ring (bicyclic) bond motifs is 1. The molecule has 0 N–H and O–H groups in total. The average molecular weight is 403 g/mol. The minimum atomic E-state index is -0.521. The zero-order valence-electron chi connectivity index (χ0n) is 16.9. The molecular formula is C22H21N5O3. The largest absolute Gasteiger partial charge is 0.455 e. The molecule has 0 radical (unpaired) electrons. The van der Waals surface area contributed by atoms with Gasteiger partial charge in [-0.15, -0.1) is 0 Å². The smallest absolute Gasteiger partial charge is 0.342 e. The third-order valence-electron chi connectivity index (χ3n) is 4.72. The van der Waals surface area contributed by atoms with E-state index >= 15 is 0 Å². The van der Waals surface area contributed by atoms with Gasteiger partial charge in [0, 0.05) is 18.0 Å². The van der Waals surface area contributed by atoms with Crippen LogP contribution in [-0.4, -0.2) is 30.1 Å². The maximum atomic E-state index is 12.8. The van der Waals surface area contributed by atoms with Crippen LogP contribution in [0.15, 0.2) is 59.7 Å². The number of rotatable bonds is 5. The van der Waals surface area contributed by atoms with Crippen molar-refractivity contribution in [3.63, 3.8) is 0 Å². The monoisotopic (exact) mass is 403 g/mol. The van der Waals surface area contributed by atoms with Crippen molar-refractivity contribution >= 4 is 11.6 Å². The van der Waals surface area contributed by atoms with Gasteiger partial charge in [-0.05, 0) is 37.1 Å². The summed E-state index contributed by atoms with van der Waals surface area (Å²) in [5, 5.41) is 4.33. The second-order valence-corrected chi connectivity index (χ2v) is 7.22. The first-order valence-corrected chi connectivity index (χ1v) is 9.60. The van der Waals surface area contributed by atoms with E-state index < -0.39 is 5.97 Å². The Labute approximate surface area is 172 Å². The maximum absolute atomic E-state index is 12.8. The lowest BCUT2D eigenvalue weighted by molar-refractivity contribution is 0.0466. The molecule has 8 heteroatoms. The molecule has 0 aliphatic heterocycles. The van der Waals surface area contributed by atoms with Crippen LogP contribution < -0.4 is 5.56 Å². The minimum absolute atomic E-state index is 0.0171. The molecule has 4 aromatic heterocycles. The number of aromatic nitrogens is 5. The zero-order chi connectivity index (χ0) is 21.3. The standard InChI is InChI=1S/C22H21N5O3/c1-14(2)21-17(12-24-27(21)18-8-4-5-10-23-18)22(29)30-13-16-11-20(28)26-15(3)7-6-9-19(26)25-16/h4-12,14H,13H2,1-3H3. The molecule has 4 aromatic rings. The molecule has 152 valence electrons. The van der Waals surface area contributed by atoms with Crippen molar-refractivity contribution in [1.29, 1.82) is 0 Å². The van der Waals surface area contributed by atoms with Crippen LogP contribution in [0.3, 0.4) is 0 Å². The average Bonchev–Trinajstić information content (AvgIpc) is 3.18. The summed E-state index contributed by atoms with van der Waals surface area (Å²) in [4.78, 5) is 33.9. The number of esters is 1. The predicted octanol–water partition coefficient (Wildman–Crippen LogP) is 3.06. The number of nitrogens with zero attached hydrogens (tertiary/aromatic N) is 5. The van der Waals surface area contributed by atoms with E-state index in [1.54, 1.807) is 16.9 Å². The SMILES string of the molecule is Cc1cccc2nc(COC(=O)c3cnn(-c4ccccn4)c3C(C)C)cc(=O)n12. The Morgan fingerprint density at radius 2 is 2.00 bits per heavy atom. The highest BCUT2D eigenvalue weighted by Gasteiger charge is 2.22. The van der Waals surface area contributed by atoms with Gasteiger partial charge in [0.25, 0.3) is 5.56 Å². The molecule has 0 bridgehead atoms. The highest BCUT2D eigenvalue weighted by atomic mass is 16.5. The number of hydrogen-bond donors (Lipinski definition) is 0. The van der Waals surface area contributed by atoms with Crippen LogP contribution in [0.2, 0.25) is 0 Å². The van der Waals surface area contributed by atoms with Crippen LogP contribution in [0, 0.1) is 6.92 Å². The van der Waals surface area contributed by atoms with Gasteiger partial charge in [-0.3, -0.25) is 9.20 Å². The normalized spacial score (nSPS) is 11.2. The van der Waals surface area contributed by atoms with Crippen molar-refractivity contribution in [2.24, 2.45) is 0 Å². The van der Waals surface area contributed by atoms with Gasteiger partial charge in [0.1, 0.15) is 17.8 Å². The van der Waals surface area contributed by atoms with E-state index in [4.69, 9.17) is 4.74 Å². The summed E-state index contributed by atoms with van der Waals surface area (Å²) >= 11 is 0. The fourth-order valence-electron chi connectivity index (χ4n) is 3.39. The number of aryl methyl sites for hydroxylation is 1. The molecule has 4 heterocycles. The summed E-state index contributed by atoms with van der Waals surface area (Å²) in [5.74, 6) is 0.121. The number of carbonyl (C=O) groups excluding carboxylic acids is 1. The highest BCUT2D eigenvalue weighted by molar-refractivity contribution is 5.90. The van der Waals surface area contributed by atoms with E-state index in [1.165, 1.54) is 16.7 Å². The van der Waals surface area contributed by atoms with Crippen LogP contribution in [0.5, 0.6) is 0 Å². The molecule has 0 aliphatic carbocycles. The van der Waals surface area contributed by atoms with E-state index in [0.717, 1.165) is 5.69 Å². The van der Waals surface area contributed by atoms with E-state index in [2.05, 4.69) is 15.1 Å². The lowest BCUT2D eigenvalue weighted by Gasteiger charge is -2.12. The first-order chi connectivity index (χ1) is 14.5. The van der Waals surface area contributed by atoms with Gasteiger partial charge in [-0.25, -0.2) is 19.4 Å². The van der Waals surface area contributed by atoms with Crippen LogP contribution in [0.4, 0.5) is 0 Å². The van der Waals surface area contributed by atoms with E-state index in [-0.39, 0.29) is 18.1 Å². The maximum Gasteiger partial charge on any atom is 0.342 e. The number of hydrogen-bond acceptors (Lipinski definition) is 6. The molecule has 4 rings (SSSR count). The molecule has 0 spiro atoms. The molecule has 0 fully saturated rings. The Morgan fingerprint density at radius 1 is 1.17 bits per heavy atom. The number of ether oxygens (including phenoxy) is 1. The van der Waals surface area contributed by atoms with Crippen molar-refractivity contribution in [2.75, 3.05) is 0 Å². The van der Waals surface area contributed by atoms with E-state index in [1.807, 2.05) is 51.1 Å². The zero-order valence-corrected chi connectivity index (χ0v) is 16.9. The Bertz CT molecular complexity index is 1280. The van der Waals surface area contributed by atoms with Gasteiger partial charge >= 0.3 is 5.97 Å².